The lowest BCUT2D eigenvalue weighted by atomic mass is 10.1. The smallest absolute Gasteiger partial charge is 0.150 e. The van der Waals surface area contributed by atoms with Crippen molar-refractivity contribution in [1.29, 1.82) is 0 Å². The molecule has 1 N–H and O–H groups in total. The molecule has 2 rings (SSSR count). The molecule has 0 aliphatic carbocycles. The molecule has 0 unspecified atom stereocenters. The van der Waals surface area contributed by atoms with Crippen LogP contribution in [0.3, 0.4) is 0 Å². The highest BCUT2D eigenvalue weighted by atomic mass is 35.5. The molecule has 1 aromatic carbocycles. The van der Waals surface area contributed by atoms with Gasteiger partial charge in [0.2, 0.25) is 0 Å². The Morgan fingerprint density at radius 1 is 1.00 bits per heavy atom. The van der Waals surface area contributed by atoms with E-state index < -0.39 is 0 Å². The molecule has 0 atom stereocenters. The summed E-state index contributed by atoms with van der Waals surface area (Å²) in [5.74, 6) is 0.538. The van der Waals surface area contributed by atoms with Gasteiger partial charge < -0.3 is 5.32 Å². The summed E-state index contributed by atoms with van der Waals surface area (Å²) in [6.45, 7) is 2.77. The van der Waals surface area contributed by atoms with Crippen LogP contribution in [0, 0.1) is 0 Å². The van der Waals surface area contributed by atoms with Crippen LogP contribution in [-0.2, 0) is 13.0 Å². The summed E-state index contributed by atoms with van der Waals surface area (Å²) >= 11 is 17.7. The van der Waals surface area contributed by atoms with Crippen molar-refractivity contribution in [3.63, 3.8) is 0 Å². The van der Waals surface area contributed by atoms with Gasteiger partial charge in [0, 0.05) is 6.54 Å². The Morgan fingerprint density at radius 3 is 2.26 bits per heavy atom. The van der Waals surface area contributed by atoms with Gasteiger partial charge in [-0.3, -0.25) is 0 Å². The molecule has 0 spiro atoms. The number of nitrogens with zero attached hydrogens (tertiary/aromatic N) is 1. The number of hydrogen-bond acceptors (Lipinski definition) is 2. The molecule has 0 saturated heterocycles. The number of pyridine rings is 1. The number of hydrogen-bond donors (Lipinski definition) is 1. The van der Waals surface area contributed by atoms with E-state index in [1.54, 1.807) is 6.07 Å². The molecule has 0 radical (unpaired) electrons. The number of anilines is 1. The Balaban J connectivity index is 2.07. The molecule has 0 aliphatic rings. The minimum atomic E-state index is 0.245. The van der Waals surface area contributed by atoms with Gasteiger partial charge in [-0.15, -0.1) is 0 Å². The topological polar surface area (TPSA) is 24.9 Å². The fourth-order valence-corrected chi connectivity index (χ4v) is 2.21. The highest BCUT2D eigenvalue weighted by Gasteiger charge is 2.07. The third-order valence-corrected chi connectivity index (χ3v) is 3.74. The van der Waals surface area contributed by atoms with Crippen molar-refractivity contribution in [1.82, 2.24) is 4.98 Å². The first-order chi connectivity index (χ1) is 9.10. The van der Waals surface area contributed by atoms with Crippen LogP contribution in [0.1, 0.15) is 18.1 Å². The van der Waals surface area contributed by atoms with Gasteiger partial charge in [0.1, 0.15) is 11.0 Å². The van der Waals surface area contributed by atoms with E-state index in [9.17, 15) is 0 Å². The lowest BCUT2D eigenvalue weighted by Gasteiger charge is -2.09. The van der Waals surface area contributed by atoms with E-state index >= 15 is 0 Å². The molecule has 100 valence electrons. The van der Waals surface area contributed by atoms with Gasteiger partial charge in [-0.1, -0.05) is 66.0 Å². The summed E-state index contributed by atoms with van der Waals surface area (Å²) in [4.78, 5) is 4.11. The lowest BCUT2D eigenvalue weighted by Crippen LogP contribution is -2.02. The van der Waals surface area contributed by atoms with Crippen molar-refractivity contribution in [2.75, 3.05) is 5.32 Å². The zero-order chi connectivity index (χ0) is 13.8. The summed E-state index contributed by atoms with van der Waals surface area (Å²) in [5.41, 5.74) is 2.47. The first kappa shape index (κ1) is 14.4. The molecule has 0 aliphatic heterocycles. The summed E-state index contributed by atoms with van der Waals surface area (Å²) in [6.07, 6.45) is 1.04. The van der Waals surface area contributed by atoms with Gasteiger partial charge >= 0.3 is 0 Å². The van der Waals surface area contributed by atoms with Crippen molar-refractivity contribution in [3.8, 4) is 0 Å². The lowest BCUT2D eigenvalue weighted by molar-refractivity contribution is 1.09. The molecule has 0 amide bonds. The van der Waals surface area contributed by atoms with Crippen LogP contribution < -0.4 is 5.32 Å². The van der Waals surface area contributed by atoms with Gasteiger partial charge in [-0.05, 0) is 23.6 Å². The zero-order valence-electron chi connectivity index (χ0n) is 10.4. The third kappa shape index (κ3) is 3.75. The van der Waals surface area contributed by atoms with Gasteiger partial charge in [0.15, 0.2) is 0 Å². The molecular weight excluding hydrogens is 303 g/mol. The quantitative estimate of drug-likeness (QED) is 0.783. The number of aryl methyl sites for hydroxylation is 1. The van der Waals surface area contributed by atoms with Gasteiger partial charge in [0.25, 0.3) is 0 Å². The maximum absolute atomic E-state index is 6.05. The molecular formula is C14H13Cl3N2. The molecule has 19 heavy (non-hydrogen) atoms. The number of benzene rings is 1. The molecule has 1 aromatic heterocycles. The van der Waals surface area contributed by atoms with Crippen LogP contribution >= 0.6 is 34.8 Å². The standard InChI is InChI=1S/C14H13Cl3N2/c1-2-9-3-5-10(6-4-9)8-18-14-12(16)7-11(15)13(17)19-14/h3-7H,2,8H2,1H3,(H,18,19). The fourth-order valence-electron chi connectivity index (χ4n) is 1.65. The Morgan fingerprint density at radius 2 is 1.63 bits per heavy atom. The van der Waals surface area contributed by atoms with E-state index in [0.717, 1.165) is 12.0 Å². The molecule has 2 nitrogen and oxygen atoms in total. The zero-order valence-corrected chi connectivity index (χ0v) is 12.6. The number of rotatable bonds is 4. The van der Waals surface area contributed by atoms with Gasteiger partial charge in [-0.25, -0.2) is 4.98 Å². The average molecular weight is 316 g/mol. The molecule has 0 saturated carbocycles. The summed E-state index contributed by atoms with van der Waals surface area (Å²) in [6, 6.07) is 9.97. The van der Waals surface area contributed by atoms with Crippen LogP contribution in [0.2, 0.25) is 15.2 Å². The van der Waals surface area contributed by atoms with Gasteiger partial charge in [0.05, 0.1) is 10.0 Å². The molecule has 2 aromatic rings. The highest BCUT2D eigenvalue weighted by Crippen LogP contribution is 2.29. The van der Waals surface area contributed by atoms with E-state index in [2.05, 4.69) is 41.5 Å². The van der Waals surface area contributed by atoms with Crippen molar-refractivity contribution in [3.05, 3.63) is 56.7 Å². The van der Waals surface area contributed by atoms with Crippen molar-refractivity contribution < 1.29 is 0 Å². The summed E-state index contributed by atoms with van der Waals surface area (Å²) in [7, 11) is 0. The normalized spacial score (nSPS) is 10.5. The Labute approximate surface area is 127 Å². The first-order valence-electron chi connectivity index (χ1n) is 5.93. The Kier molecular flexibility index (Phi) is 4.92. The van der Waals surface area contributed by atoms with Gasteiger partial charge in [-0.2, -0.15) is 0 Å². The Hall–Kier alpha value is -0.960. The maximum Gasteiger partial charge on any atom is 0.150 e. The minimum absolute atomic E-state index is 0.245. The van der Waals surface area contributed by atoms with Crippen LogP contribution in [-0.4, -0.2) is 4.98 Å². The highest BCUT2D eigenvalue weighted by molar-refractivity contribution is 6.42. The van der Waals surface area contributed by atoms with E-state index in [-0.39, 0.29) is 5.15 Å². The number of aromatic nitrogens is 1. The third-order valence-electron chi connectivity index (χ3n) is 2.78. The molecule has 1 heterocycles. The molecule has 0 fully saturated rings. The SMILES string of the molecule is CCc1ccc(CNc2nc(Cl)c(Cl)cc2Cl)cc1. The van der Waals surface area contributed by atoms with Crippen LogP contribution in [0.25, 0.3) is 0 Å². The van der Waals surface area contributed by atoms with Crippen molar-refractivity contribution >= 4 is 40.6 Å². The maximum atomic E-state index is 6.05. The van der Waals surface area contributed by atoms with Crippen molar-refractivity contribution in [2.24, 2.45) is 0 Å². The van der Waals surface area contributed by atoms with Crippen LogP contribution in [0.15, 0.2) is 30.3 Å². The van der Waals surface area contributed by atoms with E-state index in [1.807, 2.05) is 0 Å². The predicted molar refractivity (Wildman–Crippen MR) is 82.4 cm³/mol. The Bertz CT molecular complexity index is 568. The summed E-state index contributed by atoms with van der Waals surface area (Å²) < 4.78 is 0. The van der Waals surface area contributed by atoms with Crippen molar-refractivity contribution in [2.45, 2.75) is 19.9 Å². The fraction of sp³-hybridized carbons (Fsp3) is 0.214. The van der Waals surface area contributed by atoms with E-state index in [4.69, 9.17) is 34.8 Å². The largest absolute Gasteiger partial charge is 0.365 e. The number of nitrogens with one attached hydrogen (secondary N) is 1. The molecule has 0 bridgehead atoms. The van der Waals surface area contributed by atoms with E-state index in [0.29, 0.717) is 22.4 Å². The first-order valence-corrected chi connectivity index (χ1v) is 7.06. The van der Waals surface area contributed by atoms with Crippen LogP contribution in [0.5, 0.6) is 0 Å². The second-order valence-electron chi connectivity index (χ2n) is 4.12. The average Bonchev–Trinajstić information content (AvgIpc) is 2.42. The predicted octanol–water partition coefficient (Wildman–Crippen LogP) is 5.22. The monoisotopic (exact) mass is 314 g/mol. The van der Waals surface area contributed by atoms with E-state index in [1.165, 1.54) is 5.56 Å². The second kappa shape index (κ2) is 6.47. The minimum Gasteiger partial charge on any atom is -0.365 e. The number of halogens is 3. The molecule has 5 heteroatoms. The second-order valence-corrected chi connectivity index (χ2v) is 5.29. The summed E-state index contributed by atoms with van der Waals surface area (Å²) in [5, 5.41) is 4.20. The van der Waals surface area contributed by atoms with Crippen LogP contribution in [0.4, 0.5) is 5.82 Å².